The molecule has 0 unspecified atom stereocenters. The number of carbonyl (C=O) groups excluding carboxylic acids is 1. The van der Waals surface area contributed by atoms with Crippen LogP contribution in [-0.4, -0.2) is 57.3 Å². The number of anilines is 1. The first kappa shape index (κ1) is 18.1. The first-order chi connectivity index (χ1) is 13.5. The maximum absolute atomic E-state index is 14.3. The second-order valence-corrected chi connectivity index (χ2v) is 6.74. The number of carbonyl (C=O) groups is 1. The highest BCUT2D eigenvalue weighted by Gasteiger charge is 2.24. The summed E-state index contributed by atoms with van der Waals surface area (Å²) >= 11 is 0. The van der Waals surface area contributed by atoms with Gasteiger partial charge in [-0.2, -0.15) is 0 Å². The number of fused-ring (bicyclic) bond motifs is 1. The van der Waals surface area contributed by atoms with Gasteiger partial charge in [-0.1, -0.05) is 5.10 Å². The van der Waals surface area contributed by atoms with Crippen LogP contribution in [0.25, 0.3) is 10.9 Å². The molecular weight excluding hydrogens is 365 g/mol. The molecule has 0 aliphatic carbocycles. The fraction of sp³-hybridized carbons (Fsp3) is 0.389. The average molecular weight is 385 g/mol. The summed E-state index contributed by atoms with van der Waals surface area (Å²) in [6.45, 7) is 1.48. The Morgan fingerprint density at radius 1 is 1.29 bits per heavy atom. The molecule has 0 saturated carbocycles. The Kier molecular flexibility index (Phi) is 4.76. The maximum atomic E-state index is 14.3. The van der Waals surface area contributed by atoms with Crippen molar-refractivity contribution in [2.45, 2.75) is 18.9 Å². The molecule has 1 aliphatic heterocycles. The molecule has 2 aromatic heterocycles. The van der Waals surface area contributed by atoms with Crippen molar-refractivity contribution in [3.05, 3.63) is 35.8 Å². The third kappa shape index (κ3) is 3.45. The van der Waals surface area contributed by atoms with Crippen molar-refractivity contribution >= 4 is 22.8 Å². The first-order valence-corrected chi connectivity index (χ1v) is 8.96. The Bertz CT molecular complexity index is 1010. The van der Waals surface area contributed by atoms with E-state index < -0.39 is 5.82 Å². The van der Waals surface area contributed by atoms with Crippen LogP contribution in [0, 0.1) is 5.82 Å². The lowest BCUT2D eigenvalue weighted by atomic mass is 10.0. The lowest BCUT2D eigenvalue weighted by Crippen LogP contribution is -2.45. The number of nitrogens with one attached hydrogen (secondary N) is 1. The lowest BCUT2D eigenvalue weighted by molar-refractivity contribution is 0.0931. The summed E-state index contributed by atoms with van der Waals surface area (Å²) in [5.41, 5.74) is 0.774. The first-order valence-electron chi connectivity index (χ1n) is 8.96. The number of aryl methyl sites for hydroxylation is 1. The predicted molar refractivity (Wildman–Crippen MR) is 99.8 cm³/mol. The molecule has 10 heteroatoms. The van der Waals surface area contributed by atoms with Crippen molar-refractivity contribution in [2.75, 3.05) is 25.1 Å². The van der Waals surface area contributed by atoms with Crippen molar-refractivity contribution in [2.24, 2.45) is 7.05 Å². The van der Waals surface area contributed by atoms with Crippen LogP contribution >= 0.6 is 0 Å². The molecule has 1 amide bonds. The van der Waals surface area contributed by atoms with Crippen molar-refractivity contribution in [3.63, 3.8) is 0 Å². The van der Waals surface area contributed by atoms with Gasteiger partial charge in [0.1, 0.15) is 11.6 Å². The van der Waals surface area contributed by atoms with Gasteiger partial charge in [0.15, 0.2) is 0 Å². The van der Waals surface area contributed by atoms with E-state index >= 15 is 0 Å². The highest BCUT2D eigenvalue weighted by molar-refractivity contribution is 5.97. The van der Waals surface area contributed by atoms with Crippen LogP contribution in [0.15, 0.2) is 24.4 Å². The van der Waals surface area contributed by atoms with E-state index in [1.165, 1.54) is 25.4 Å². The number of ether oxygens (including phenoxy) is 1. The molecule has 0 bridgehead atoms. The zero-order valence-corrected chi connectivity index (χ0v) is 15.6. The fourth-order valence-electron chi connectivity index (χ4n) is 3.39. The molecule has 0 spiro atoms. The minimum Gasteiger partial charge on any atom is -0.497 e. The average Bonchev–Trinajstić information content (AvgIpc) is 3.14. The summed E-state index contributed by atoms with van der Waals surface area (Å²) in [4.78, 5) is 18.9. The van der Waals surface area contributed by atoms with Gasteiger partial charge in [0, 0.05) is 49.9 Å². The lowest BCUT2D eigenvalue weighted by Gasteiger charge is -2.32. The number of aromatic nitrogens is 5. The Morgan fingerprint density at radius 2 is 2.07 bits per heavy atom. The molecular formula is C18H20FN7O2. The Morgan fingerprint density at radius 3 is 2.75 bits per heavy atom. The Labute approximate surface area is 160 Å². The van der Waals surface area contributed by atoms with E-state index in [1.807, 2.05) is 0 Å². The number of pyridine rings is 1. The van der Waals surface area contributed by atoms with E-state index in [-0.39, 0.29) is 17.3 Å². The predicted octanol–water partition coefficient (Wildman–Crippen LogP) is 1.30. The van der Waals surface area contributed by atoms with Gasteiger partial charge < -0.3 is 15.0 Å². The third-order valence-corrected chi connectivity index (χ3v) is 4.93. The van der Waals surface area contributed by atoms with E-state index in [9.17, 15) is 9.18 Å². The second kappa shape index (κ2) is 7.37. The number of hydrogen-bond acceptors (Lipinski definition) is 7. The normalized spacial score (nSPS) is 15.0. The van der Waals surface area contributed by atoms with Crippen LogP contribution in [0.4, 0.5) is 10.3 Å². The van der Waals surface area contributed by atoms with Crippen LogP contribution in [0.2, 0.25) is 0 Å². The molecule has 28 heavy (non-hydrogen) atoms. The van der Waals surface area contributed by atoms with Gasteiger partial charge in [-0.3, -0.25) is 9.78 Å². The van der Waals surface area contributed by atoms with Gasteiger partial charge in [0.2, 0.25) is 5.95 Å². The molecule has 9 nitrogen and oxygen atoms in total. The summed E-state index contributed by atoms with van der Waals surface area (Å²) < 4.78 is 20.9. The number of benzene rings is 1. The van der Waals surface area contributed by atoms with Crippen LogP contribution < -0.4 is 15.0 Å². The van der Waals surface area contributed by atoms with E-state index in [2.05, 4.69) is 30.7 Å². The molecule has 1 aromatic carbocycles. The van der Waals surface area contributed by atoms with Crippen LogP contribution in [0.1, 0.15) is 23.2 Å². The van der Waals surface area contributed by atoms with Crippen LogP contribution in [-0.2, 0) is 7.05 Å². The number of halogens is 1. The van der Waals surface area contributed by atoms with Crippen LogP contribution in [0.5, 0.6) is 5.75 Å². The number of tetrazole rings is 1. The van der Waals surface area contributed by atoms with Crippen molar-refractivity contribution < 1.29 is 13.9 Å². The smallest absolute Gasteiger partial charge is 0.253 e. The standard InChI is InChI=1S/C18H20FN7O2/c1-25-18(22-23-24-25)26-5-3-12(4-6-26)21-17(27)11-7-14-15(19)8-13(28-2)9-16(14)20-10-11/h7-10,12H,3-6H2,1-2H3,(H,21,27). The molecule has 1 saturated heterocycles. The van der Waals surface area contributed by atoms with Gasteiger partial charge in [0.05, 0.1) is 18.2 Å². The van der Waals surface area contributed by atoms with Gasteiger partial charge in [-0.05, 0) is 29.3 Å². The van der Waals surface area contributed by atoms with Crippen molar-refractivity contribution in [1.82, 2.24) is 30.5 Å². The van der Waals surface area contributed by atoms with E-state index in [4.69, 9.17) is 4.74 Å². The molecule has 3 heterocycles. The van der Waals surface area contributed by atoms with E-state index in [0.717, 1.165) is 31.9 Å². The SMILES string of the molecule is COc1cc(F)c2cc(C(=O)NC3CCN(c4nnnn4C)CC3)cnc2c1. The molecule has 1 N–H and O–H groups in total. The monoisotopic (exact) mass is 385 g/mol. The number of hydrogen-bond donors (Lipinski definition) is 1. The van der Waals surface area contributed by atoms with Gasteiger partial charge in [-0.15, -0.1) is 0 Å². The largest absolute Gasteiger partial charge is 0.497 e. The fourth-order valence-corrected chi connectivity index (χ4v) is 3.39. The number of nitrogens with zero attached hydrogens (tertiary/aromatic N) is 6. The number of piperidine rings is 1. The molecule has 0 atom stereocenters. The Hall–Kier alpha value is -3.30. The summed E-state index contributed by atoms with van der Waals surface area (Å²) in [5.74, 6) is 0.375. The summed E-state index contributed by atoms with van der Waals surface area (Å²) in [7, 11) is 3.26. The zero-order chi connectivity index (χ0) is 19.7. The number of methoxy groups -OCH3 is 1. The maximum Gasteiger partial charge on any atom is 0.253 e. The third-order valence-electron chi connectivity index (χ3n) is 4.93. The van der Waals surface area contributed by atoms with Crippen molar-refractivity contribution in [1.29, 1.82) is 0 Å². The highest BCUT2D eigenvalue weighted by Crippen LogP contribution is 2.24. The minimum atomic E-state index is -0.470. The topological polar surface area (TPSA) is 98.1 Å². The van der Waals surface area contributed by atoms with Crippen molar-refractivity contribution in [3.8, 4) is 5.75 Å². The number of amides is 1. The summed E-state index contributed by atoms with van der Waals surface area (Å²) in [6, 6.07) is 4.47. The summed E-state index contributed by atoms with van der Waals surface area (Å²) in [5, 5.41) is 14.8. The quantitative estimate of drug-likeness (QED) is 0.723. The zero-order valence-electron chi connectivity index (χ0n) is 15.6. The highest BCUT2D eigenvalue weighted by atomic mass is 19.1. The molecule has 1 aliphatic rings. The van der Waals surface area contributed by atoms with Gasteiger partial charge >= 0.3 is 0 Å². The second-order valence-electron chi connectivity index (χ2n) is 6.74. The summed E-state index contributed by atoms with van der Waals surface area (Å²) in [6.07, 6.45) is 2.99. The molecule has 146 valence electrons. The van der Waals surface area contributed by atoms with E-state index in [0.29, 0.717) is 16.8 Å². The number of rotatable bonds is 4. The van der Waals surface area contributed by atoms with Crippen LogP contribution in [0.3, 0.4) is 0 Å². The minimum absolute atomic E-state index is 0.0290. The molecule has 3 aromatic rings. The van der Waals surface area contributed by atoms with Gasteiger partial charge in [-0.25, -0.2) is 9.07 Å². The van der Waals surface area contributed by atoms with Gasteiger partial charge in [0.25, 0.3) is 5.91 Å². The van der Waals surface area contributed by atoms with E-state index in [1.54, 1.807) is 17.8 Å². The molecule has 4 rings (SSSR count). The molecule has 0 radical (unpaired) electrons. The molecule has 1 fully saturated rings. The Balaban J connectivity index is 1.43.